The molecule has 0 rings (SSSR count). The summed E-state index contributed by atoms with van der Waals surface area (Å²) < 4.78 is 4.94. The third-order valence-corrected chi connectivity index (χ3v) is 1.76. The zero-order valence-electron chi connectivity index (χ0n) is 8.79. The number of ether oxygens (including phenoxy) is 1. The predicted molar refractivity (Wildman–Crippen MR) is 55.1 cm³/mol. The molecule has 7 nitrogen and oxygen atoms in total. The molecular weight excluding hydrogens is 200 g/mol. The largest absolute Gasteiger partial charge is 0.380 e. The van der Waals surface area contributed by atoms with Crippen molar-refractivity contribution in [1.29, 1.82) is 0 Å². The van der Waals surface area contributed by atoms with E-state index in [1.54, 1.807) is 0 Å². The van der Waals surface area contributed by atoms with Crippen molar-refractivity contribution in [2.45, 2.75) is 12.5 Å². The highest BCUT2D eigenvalue weighted by atomic mass is 16.5. The number of nitrogens with two attached hydrogens (primary N) is 2. The molecule has 88 valence electrons. The van der Waals surface area contributed by atoms with Crippen molar-refractivity contribution in [2.24, 2.45) is 11.5 Å². The van der Waals surface area contributed by atoms with Gasteiger partial charge in [-0.25, -0.2) is 4.79 Å². The SMILES string of the molecule is COC(CN)CC(=O)NCCNC(N)=O. The van der Waals surface area contributed by atoms with Crippen LogP contribution >= 0.6 is 0 Å². The standard InChI is InChI=1S/C8H18N4O3/c1-15-6(5-9)4-7(13)11-2-3-12-8(10)14/h6H,2-5,9H2,1H3,(H,11,13)(H3,10,12,14). The van der Waals surface area contributed by atoms with Crippen LogP contribution in [0.2, 0.25) is 0 Å². The summed E-state index contributed by atoms with van der Waals surface area (Å²) in [6.07, 6.45) is -0.0575. The number of methoxy groups -OCH3 is 1. The van der Waals surface area contributed by atoms with Gasteiger partial charge in [0.2, 0.25) is 5.91 Å². The van der Waals surface area contributed by atoms with E-state index >= 15 is 0 Å². The fourth-order valence-corrected chi connectivity index (χ4v) is 0.929. The quantitative estimate of drug-likeness (QED) is 0.374. The van der Waals surface area contributed by atoms with Crippen molar-refractivity contribution in [3.05, 3.63) is 0 Å². The fourth-order valence-electron chi connectivity index (χ4n) is 0.929. The van der Waals surface area contributed by atoms with Crippen LogP contribution in [0, 0.1) is 0 Å². The number of amides is 3. The zero-order valence-corrected chi connectivity index (χ0v) is 8.79. The minimum atomic E-state index is -0.610. The van der Waals surface area contributed by atoms with Gasteiger partial charge < -0.3 is 26.8 Å². The lowest BCUT2D eigenvalue weighted by Gasteiger charge is -2.12. The molecule has 3 amide bonds. The lowest BCUT2D eigenvalue weighted by atomic mass is 10.2. The van der Waals surface area contributed by atoms with Crippen molar-refractivity contribution in [1.82, 2.24) is 10.6 Å². The van der Waals surface area contributed by atoms with E-state index in [4.69, 9.17) is 16.2 Å². The molecule has 0 saturated carbocycles. The number of carbonyl (C=O) groups is 2. The van der Waals surface area contributed by atoms with E-state index in [-0.39, 0.29) is 18.4 Å². The topological polar surface area (TPSA) is 119 Å². The van der Waals surface area contributed by atoms with E-state index in [0.29, 0.717) is 19.6 Å². The highest BCUT2D eigenvalue weighted by Gasteiger charge is 2.10. The van der Waals surface area contributed by atoms with Crippen LogP contribution < -0.4 is 22.1 Å². The number of nitrogens with one attached hydrogen (secondary N) is 2. The Labute approximate surface area is 88.5 Å². The maximum Gasteiger partial charge on any atom is 0.312 e. The van der Waals surface area contributed by atoms with Crippen LogP contribution in [-0.4, -0.2) is 44.8 Å². The first-order valence-electron chi connectivity index (χ1n) is 4.63. The van der Waals surface area contributed by atoms with Crippen LogP contribution in [0.1, 0.15) is 6.42 Å². The number of rotatable bonds is 7. The van der Waals surface area contributed by atoms with E-state index in [1.165, 1.54) is 7.11 Å². The third kappa shape index (κ3) is 7.71. The average molecular weight is 218 g/mol. The molecule has 7 heteroatoms. The molecule has 0 aromatic carbocycles. The average Bonchev–Trinajstić information content (AvgIpc) is 2.20. The molecule has 0 heterocycles. The van der Waals surface area contributed by atoms with Gasteiger partial charge in [-0.2, -0.15) is 0 Å². The normalized spacial score (nSPS) is 11.9. The third-order valence-electron chi connectivity index (χ3n) is 1.76. The number of hydrogen-bond acceptors (Lipinski definition) is 4. The lowest BCUT2D eigenvalue weighted by Crippen LogP contribution is -2.38. The van der Waals surface area contributed by atoms with Gasteiger partial charge >= 0.3 is 6.03 Å². The summed E-state index contributed by atoms with van der Waals surface area (Å²) >= 11 is 0. The van der Waals surface area contributed by atoms with Crippen molar-refractivity contribution in [3.63, 3.8) is 0 Å². The Hall–Kier alpha value is -1.34. The molecule has 0 aliphatic rings. The van der Waals surface area contributed by atoms with Gasteiger partial charge in [0.05, 0.1) is 12.5 Å². The van der Waals surface area contributed by atoms with Gasteiger partial charge in [-0.3, -0.25) is 4.79 Å². The molecule has 0 aromatic heterocycles. The van der Waals surface area contributed by atoms with E-state index in [1.807, 2.05) is 0 Å². The Bertz CT molecular complexity index is 206. The monoisotopic (exact) mass is 218 g/mol. The van der Waals surface area contributed by atoms with Crippen LogP contribution in [0.4, 0.5) is 4.79 Å². The van der Waals surface area contributed by atoms with Gasteiger partial charge in [-0.15, -0.1) is 0 Å². The van der Waals surface area contributed by atoms with E-state index in [9.17, 15) is 9.59 Å². The summed E-state index contributed by atoms with van der Waals surface area (Å²) in [6.45, 7) is 0.938. The molecule has 6 N–H and O–H groups in total. The molecule has 1 unspecified atom stereocenters. The summed E-state index contributed by atoms with van der Waals surface area (Å²) in [5.41, 5.74) is 10.2. The summed E-state index contributed by atoms with van der Waals surface area (Å²) in [5.74, 6) is -0.168. The Kier molecular flexibility index (Phi) is 7.29. The Morgan fingerprint density at radius 2 is 1.93 bits per heavy atom. The van der Waals surface area contributed by atoms with Gasteiger partial charge in [0.1, 0.15) is 0 Å². The highest BCUT2D eigenvalue weighted by molar-refractivity contribution is 5.76. The van der Waals surface area contributed by atoms with E-state index in [2.05, 4.69) is 10.6 Å². The Morgan fingerprint density at radius 3 is 2.40 bits per heavy atom. The van der Waals surface area contributed by atoms with Gasteiger partial charge in [0, 0.05) is 26.7 Å². The van der Waals surface area contributed by atoms with Gasteiger partial charge in [-0.05, 0) is 0 Å². The first-order chi connectivity index (χ1) is 7.10. The van der Waals surface area contributed by atoms with Crippen LogP contribution in [0.25, 0.3) is 0 Å². The number of urea groups is 1. The summed E-state index contributed by atoms with van der Waals surface area (Å²) in [5, 5.41) is 4.94. The molecule has 0 aromatic rings. The van der Waals surface area contributed by atoms with E-state index in [0.717, 1.165) is 0 Å². The molecule has 0 aliphatic heterocycles. The first kappa shape index (κ1) is 13.7. The minimum Gasteiger partial charge on any atom is -0.380 e. The second kappa shape index (κ2) is 8.01. The second-order valence-electron chi connectivity index (χ2n) is 2.94. The van der Waals surface area contributed by atoms with Gasteiger partial charge in [0.25, 0.3) is 0 Å². The van der Waals surface area contributed by atoms with Gasteiger partial charge in [-0.1, -0.05) is 0 Å². The molecule has 0 fully saturated rings. The maximum atomic E-state index is 11.2. The maximum absolute atomic E-state index is 11.2. The first-order valence-corrected chi connectivity index (χ1v) is 4.63. The zero-order chi connectivity index (χ0) is 11.7. The van der Waals surface area contributed by atoms with Crippen molar-refractivity contribution in [3.8, 4) is 0 Å². The molecule has 0 bridgehead atoms. The van der Waals surface area contributed by atoms with Crippen molar-refractivity contribution < 1.29 is 14.3 Å². The van der Waals surface area contributed by atoms with E-state index < -0.39 is 6.03 Å². The van der Waals surface area contributed by atoms with Crippen LogP contribution in [0.5, 0.6) is 0 Å². The molecule has 0 aliphatic carbocycles. The van der Waals surface area contributed by atoms with Crippen LogP contribution in [0.3, 0.4) is 0 Å². The minimum absolute atomic E-state index is 0.168. The highest BCUT2D eigenvalue weighted by Crippen LogP contribution is 1.93. The molecule has 0 spiro atoms. The lowest BCUT2D eigenvalue weighted by molar-refractivity contribution is -0.123. The molecule has 0 radical (unpaired) electrons. The number of carbonyl (C=O) groups excluding carboxylic acids is 2. The molecule has 1 atom stereocenters. The second-order valence-corrected chi connectivity index (χ2v) is 2.94. The Morgan fingerprint density at radius 1 is 1.33 bits per heavy atom. The summed E-state index contributed by atoms with van der Waals surface area (Å²) in [7, 11) is 1.50. The molecule has 15 heavy (non-hydrogen) atoms. The van der Waals surface area contributed by atoms with Crippen LogP contribution in [0.15, 0.2) is 0 Å². The summed E-state index contributed by atoms with van der Waals surface area (Å²) in [6, 6.07) is -0.610. The molecule has 0 saturated heterocycles. The number of hydrogen-bond donors (Lipinski definition) is 4. The predicted octanol–water partition coefficient (Wildman–Crippen LogP) is -1.87. The molecular formula is C8H18N4O3. The van der Waals surface area contributed by atoms with Crippen LogP contribution in [-0.2, 0) is 9.53 Å². The van der Waals surface area contributed by atoms with Gasteiger partial charge in [0.15, 0.2) is 0 Å². The number of primary amides is 1. The van der Waals surface area contributed by atoms with Crippen molar-refractivity contribution >= 4 is 11.9 Å². The smallest absolute Gasteiger partial charge is 0.312 e. The summed E-state index contributed by atoms with van der Waals surface area (Å²) in [4.78, 5) is 21.5. The Balaban J connectivity index is 3.52. The van der Waals surface area contributed by atoms with Crippen molar-refractivity contribution in [2.75, 3.05) is 26.7 Å². The fraction of sp³-hybridized carbons (Fsp3) is 0.750.